The average Bonchev–Trinajstić information content (AvgIpc) is 3.33. The van der Waals surface area contributed by atoms with Crippen LogP contribution in [0.5, 0.6) is 5.75 Å². The van der Waals surface area contributed by atoms with Gasteiger partial charge in [-0.05, 0) is 51.1 Å². The summed E-state index contributed by atoms with van der Waals surface area (Å²) in [5.41, 5.74) is 6.97. The van der Waals surface area contributed by atoms with Gasteiger partial charge in [-0.15, -0.1) is 0 Å². The summed E-state index contributed by atoms with van der Waals surface area (Å²) in [6.45, 7) is 0.609. The van der Waals surface area contributed by atoms with Crippen LogP contribution in [0.3, 0.4) is 0 Å². The van der Waals surface area contributed by atoms with Crippen LogP contribution in [0.15, 0.2) is 133 Å². The highest BCUT2D eigenvalue weighted by molar-refractivity contribution is 5.80. The molecule has 0 fully saturated rings. The molecule has 1 aliphatic carbocycles. The van der Waals surface area contributed by atoms with Crippen molar-refractivity contribution in [3.8, 4) is 16.9 Å². The van der Waals surface area contributed by atoms with Crippen molar-refractivity contribution in [1.29, 1.82) is 0 Å². The van der Waals surface area contributed by atoms with Gasteiger partial charge >= 0.3 is 0 Å². The van der Waals surface area contributed by atoms with E-state index < -0.39 is 11.5 Å². The van der Waals surface area contributed by atoms with Crippen LogP contribution in [0, 0.1) is 0 Å². The lowest BCUT2D eigenvalue weighted by atomic mass is 9.61. The number of rotatable bonds is 8. The largest absolute Gasteiger partial charge is 0.497 e. The first-order valence-electron chi connectivity index (χ1n) is 12.8. The van der Waals surface area contributed by atoms with E-state index in [1.165, 1.54) is 11.1 Å². The second kappa shape index (κ2) is 10.0. The Bertz CT molecular complexity index is 1460. The summed E-state index contributed by atoms with van der Waals surface area (Å²) in [5, 5.41) is 0. The van der Waals surface area contributed by atoms with Crippen LogP contribution in [0.25, 0.3) is 11.1 Å². The predicted octanol–water partition coefficient (Wildman–Crippen LogP) is 7.38. The first kappa shape index (κ1) is 23.7. The van der Waals surface area contributed by atoms with Crippen molar-refractivity contribution in [3.05, 3.63) is 161 Å². The van der Waals surface area contributed by atoms with Crippen LogP contribution >= 0.6 is 0 Å². The maximum atomic E-state index is 12.4. The molecule has 6 rings (SSSR count). The lowest BCUT2D eigenvalue weighted by Gasteiger charge is -2.44. The van der Waals surface area contributed by atoms with E-state index in [9.17, 15) is 4.79 Å². The minimum absolute atomic E-state index is 0.185. The van der Waals surface area contributed by atoms with Crippen molar-refractivity contribution in [2.75, 3.05) is 7.11 Å². The lowest BCUT2D eigenvalue weighted by molar-refractivity contribution is -0.136. The van der Waals surface area contributed by atoms with Gasteiger partial charge in [0.1, 0.15) is 11.9 Å². The summed E-state index contributed by atoms with van der Waals surface area (Å²) in [6.07, 6.45) is -0.581. The molecule has 0 amide bonds. The summed E-state index contributed by atoms with van der Waals surface area (Å²) in [4.78, 5) is 12.4. The number of hydrogen-bond donors (Lipinski definition) is 0. The number of hydrogen-bond acceptors (Lipinski definition) is 3. The minimum Gasteiger partial charge on any atom is -0.497 e. The van der Waals surface area contributed by atoms with Crippen LogP contribution in [0.2, 0.25) is 0 Å². The maximum Gasteiger partial charge on any atom is 0.293 e. The Hall–Kier alpha value is -4.63. The molecule has 3 heteroatoms. The second-order valence-electron chi connectivity index (χ2n) is 9.57. The highest BCUT2D eigenvalue weighted by Gasteiger charge is 2.51. The fourth-order valence-electron chi connectivity index (χ4n) is 6.26. The van der Waals surface area contributed by atoms with Gasteiger partial charge in [0.25, 0.3) is 6.47 Å². The van der Waals surface area contributed by atoms with Crippen LogP contribution in [-0.2, 0) is 14.9 Å². The van der Waals surface area contributed by atoms with Crippen molar-refractivity contribution >= 4 is 6.47 Å². The monoisotopic (exact) mass is 496 g/mol. The number of carbonyl (C=O) groups excluding carboxylic acids is 1. The van der Waals surface area contributed by atoms with Crippen LogP contribution < -0.4 is 4.74 Å². The lowest BCUT2D eigenvalue weighted by Crippen LogP contribution is -2.47. The molecule has 5 aromatic rings. The molecule has 1 unspecified atom stereocenters. The van der Waals surface area contributed by atoms with Gasteiger partial charge < -0.3 is 9.47 Å². The summed E-state index contributed by atoms with van der Waals surface area (Å²) in [6, 6.07) is 45.8. The fourth-order valence-corrected chi connectivity index (χ4v) is 6.26. The third-order valence-corrected chi connectivity index (χ3v) is 7.82. The molecule has 0 saturated heterocycles. The fraction of sp³-hybridized carbons (Fsp3) is 0.114. The Morgan fingerprint density at radius 3 is 1.53 bits per heavy atom. The van der Waals surface area contributed by atoms with E-state index in [-0.39, 0.29) is 5.92 Å². The topological polar surface area (TPSA) is 35.5 Å². The first-order valence-corrected chi connectivity index (χ1v) is 12.8. The zero-order valence-corrected chi connectivity index (χ0v) is 21.2. The summed E-state index contributed by atoms with van der Waals surface area (Å²) < 4.78 is 11.8. The predicted molar refractivity (Wildman–Crippen MR) is 150 cm³/mol. The van der Waals surface area contributed by atoms with Crippen LogP contribution in [0.1, 0.15) is 33.7 Å². The Kier molecular flexibility index (Phi) is 6.27. The van der Waals surface area contributed by atoms with Gasteiger partial charge in [0, 0.05) is 5.92 Å². The zero-order valence-electron chi connectivity index (χ0n) is 21.2. The summed E-state index contributed by atoms with van der Waals surface area (Å²) in [7, 11) is 1.67. The number of benzene rings is 5. The van der Waals surface area contributed by atoms with E-state index in [1.54, 1.807) is 7.11 Å². The molecule has 0 radical (unpaired) electrons. The van der Waals surface area contributed by atoms with Gasteiger partial charge in [-0.25, -0.2) is 0 Å². The van der Waals surface area contributed by atoms with Gasteiger partial charge in [0.05, 0.1) is 12.5 Å². The Morgan fingerprint density at radius 1 is 0.605 bits per heavy atom. The number of carbonyl (C=O) groups is 1. The van der Waals surface area contributed by atoms with Gasteiger partial charge in [0.2, 0.25) is 0 Å². The molecule has 0 aliphatic heterocycles. The van der Waals surface area contributed by atoms with E-state index in [2.05, 4.69) is 84.9 Å². The smallest absolute Gasteiger partial charge is 0.293 e. The van der Waals surface area contributed by atoms with Crippen LogP contribution in [-0.4, -0.2) is 19.7 Å². The second-order valence-corrected chi connectivity index (χ2v) is 9.57. The zero-order chi connectivity index (χ0) is 26.0. The van der Waals surface area contributed by atoms with E-state index in [0.29, 0.717) is 6.47 Å². The molecule has 186 valence electrons. The summed E-state index contributed by atoms with van der Waals surface area (Å²) in [5.74, 6) is 0.586. The normalized spacial score (nSPS) is 13.3. The number of fused-ring (bicyclic) bond motifs is 3. The third-order valence-electron chi connectivity index (χ3n) is 7.82. The van der Waals surface area contributed by atoms with E-state index >= 15 is 0 Å². The van der Waals surface area contributed by atoms with Crippen molar-refractivity contribution in [1.82, 2.24) is 0 Å². The quantitative estimate of drug-likeness (QED) is 0.166. The van der Waals surface area contributed by atoms with Crippen molar-refractivity contribution < 1.29 is 14.3 Å². The molecule has 5 aromatic carbocycles. The molecule has 38 heavy (non-hydrogen) atoms. The number of ether oxygens (including phenoxy) is 2. The molecule has 0 N–H and O–H groups in total. The van der Waals surface area contributed by atoms with Crippen molar-refractivity contribution in [3.63, 3.8) is 0 Å². The molecule has 0 spiro atoms. The Labute approximate surface area is 223 Å². The third kappa shape index (κ3) is 3.71. The molecule has 1 atom stereocenters. The Balaban J connectivity index is 1.72. The SMILES string of the molecule is COc1ccc(C(c2ccccc2)(c2ccccc2)C(OC=O)C2c3ccccc3-c3ccccc32)cc1. The highest BCUT2D eigenvalue weighted by atomic mass is 16.5. The van der Waals surface area contributed by atoms with E-state index in [0.717, 1.165) is 33.6 Å². The molecule has 0 saturated carbocycles. The molecule has 3 nitrogen and oxygen atoms in total. The van der Waals surface area contributed by atoms with Gasteiger partial charge in [0.15, 0.2) is 0 Å². The van der Waals surface area contributed by atoms with Gasteiger partial charge in [-0.3, -0.25) is 4.79 Å². The minimum atomic E-state index is -0.815. The van der Waals surface area contributed by atoms with E-state index in [4.69, 9.17) is 9.47 Å². The average molecular weight is 497 g/mol. The molecular weight excluding hydrogens is 468 g/mol. The van der Waals surface area contributed by atoms with Gasteiger partial charge in [-0.1, -0.05) is 121 Å². The molecule has 0 aromatic heterocycles. The molecule has 1 aliphatic rings. The van der Waals surface area contributed by atoms with Gasteiger partial charge in [-0.2, -0.15) is 0 Å². The van der Waals surface area contributed by atoms with Crippen LogP contribution in [0.4, 0.5) is 0 Å². The molecule has 0 heterocycles. The van der Waals surface area contributed by atoms with E-state index in [1.807, 2.05) is 48.5 Å². The molecular formula is C35H28O3. The van der Waals surface area contributed by atoms with Crippen molar-refractivity contribution in [2.45, 2.75) is 17.4 Å². The maximum absolute atomic E-state index is 12.4. The Morgan fingerprint density at radius 2 is 1.05 bits per heavy atom. The van der Waals surface area contributed by atoms with Crippen molar-refractivity contribution in [2.24, 2.45) is 0 Å². The molecule has 0 bridgehead atoms. The first-order chi connectivity index (χ1) is 18.8. The highest BCUT2D eigenvalue weighted by Crippen LogP contribution is 2.54. The summed E-state index contributed by atoms with van der Waals surface area (Å²) >= 11 is 0. The standard InChI is InChI=1S/C35H28O3/c1-37-28-22-20-27(21-23-28)35(25-12-4-2-5-13-25,26-14-6-3-7-15-26)34(38-24-36)33-31-18-10-8-16-29(31)30-17-9-11-19-32(30)33/h2-24,33-34H,1H3. The number of methoxy groups -OCH3 is 1.